The van der Waals surface area contributed by atoms with Crippen molar-refractivity contribution in [2.75, 3.05) is 13.7 Å². The van der Waals surface area contributed by atoms with E-state index in [0.29, 0.717) is 0 Å². The summed E-state index contributed by atoms with van der Waals surface area (Å²) >= 11 is 0. The summed E-state index contributed by atoms with van der Waals surface area (Å²) in [6, 6.07) is 3.94. The van der Waals surface area contributed by atoms with E-state index in [4.69, 9.17) is 4.74 Å². The van der Waals surface area contributed by atoms with E-state index in [1.54, 1.807) is 7.11 Å². The van der Waals surface area contributed by atoms with Gasteiger partial charge in [0.1, 0.15) is 5.75 Å². The van der Waals surface area contributed by atoms with Crippen LogP contribution in [0.5, 0.6) is 5.75 Å². The van der Waals surface area contributed by atoms with Crippen LogP contribution in [0.4, 0.5) is 0 Å². The summed E-state index contributed by atoms with van der Waals surface area (Å²) < 4.78 is 5.31. The maximum absolute atomic E-state index is 11.6. The quantitative estimate of drug-likeness (QED) is 0.795. The molecule has 0 radical (unpaired) electrons. The zero-order chi connectivity index (χ0) is 10.8. The number of carbonyl (C=O) groups is 1. The van der Waals surface area contributed by atoms with Gasteiger partial charge in [0.2, 0.25) is 0 Å². The molecule has 0 unspecified atom stereocenters. The Balaban J connectivity index is 2.53. The lowest BCUT2D eigenvalue weighted by Crippen LogP contribution is -2.31. The number of methoxy groups -OCH3 is 1. The van der Waals surface area contributed by atoms with E-state index in [-0.39, 0.29) is 5.91 Å². The molecule has 3 nitrogen and oxygen atoms in total. The zero-order valence-corrected chi connectivity index (χ0v) is 9.09. The average Bonchev–Trinajstić information content (AvgIpc) is 2.28. The molecule has 0 bridgehead atoms. The number of carbonyl (C=O) groups excluding carboxylic acids is 1. The monoisotopic (exact) mass is 205 g/mol. The molecule has 0 saturated carbocycles. The Hall–Kier alpha value is -1.51. The number of rotatable bonds is 2. The average molecular weight is 205 g/mol. The molecule has 1 aromatic carbocycles. The summed E-state index contributed by atoms with van der Waals surface area (Å²) in [5, 5.41) is 2.85. The number of hydrogen-bond acceptors (Lipinski definition) is 2. The number of benzene rings is 1. The fourth-order valence-electron chi connectivity index (χ4n) is 1.96. The molecule has 15 heavy (non-hydrogen) atoms. The maximum atomic E-state index is 11.6. The molecule has 1 aliphatic heterocycles. The predicted octanol–water partition coefficient (Wildman–Crippen LogP) is 1.54. The fraction of sp³-hybridized carbons (Fsp3) is 0.417. The number of amides is 1. The highest BCUT2D eigenvalue weighted by atomic mass is 16.5. The molecule has 80 valence electrons. The van der Waals surface area contributed by atoms with Crippen LogP contribution in [0.15, 0.2) is 12.1 Å². The number of ether oxygens (including phenoxy) is 1. The molecule has 3 heteroatoms. The highest BCUT2D eigenvalue weighted by Gasteiger charge is 2.18. The molecule has 1 aromatic rings. The first-order valence-electron chi connectivity index (χ1n) is 5.24. The first kappa shape index (κ1) is 10.0. The minimum atomic E-state index is 0.0357. The largest absolute Gasteiger partial charge is 0.496 e. The van der Waals surface area contributed by atoms with Crippen molar-refractivity contribution in [2.45, 2.75) is 19.8 Å². The summed E-state index contributed by atoms with van der Waals surface area (Å²) in [6.45, 7) is 2.78. The Kier molecular flexibility index (Phi) is 2.62. The minimum Gasteiger partial charge on any atom is -0.496 e. The van der Waals surface area contributed by atoms with Crippen molar-refractivity contribution >= 4 is 5.91 Å². The first-order valence-corrected chi connectivity index (χ1v) is 5.24. The summed E-state index contributed by atoms with van der Waals surface area (Å²) in [7, 11) is 1.67. The van der Waals surface area contributed by atoms with Crippen molar-refractivity contribution in [1.82, 2.24) is 5.32 Å². The third-order valence-corrected chi connectivity index (χ3v) is 2.81. The Morgan fingerprint density at radius 2 is 2.27 bits per heavy atom. The van der Waals surface area contributed by atoms with Gasteiger partial charge in [-0.1, -0.05) is 6.92 Å². The highest BCUT2D eigenvalue weighted by molar-refractivity contribution is 5.97. The first-order chi connectivity index (χ1) is 7.26. The van der Waals surface area contributed by atoms with Gasteiger partial charge in [-0.3, -0.25) is 4.79 Å². The number of hydrogen-bond donors (Lipinski definition) is 1. The molecule has 1 amide bonds. The Morgan fingerprint density at radius 3 is 2.93 bits per heavy atom. The molecule has 1 aliphatic rings. The molecule has 0 fully saturated rings. The summed E-state index contributed by atoms with van der Waals surface area (Å²) in [5.41, 5.74) is 2.99. The van der Waals surface area contributed by atoms with Crippen molar-refractivity contribution in [3.63, 3.8) is 0 Å². The SMILES string of the molecule is CCc1cc2c(cc1OC)CCNC2=O. The summed E-state index contributed by atoms with van der Waals surface area (Å²) in [5.74, 6) is 0.930. The topological polar surface area (TPSA) is 38.3 Å². The second kappa shape index (κ2) is 3.93. The van der Waals surface area contributed by atoms with Gasteiger partial charge in [0.15, 0.2) is 0 Å². The van der Waals surface area contributed by atoms with Crippen LogP contribution in [-0.4, -0.2) is 19.6 Å². The minimum absolute atomic E-state index is 0.0357. The van der Waals surface area contributed by atoms with Crippen molar-refractivity contribution in [1.29, 1.82) is 0 Å². The van der Waals surface area contributed by atoms with Crippen LogP contribution in [-0.2, 0) is 12.8 Å². The molecule has 0 aromatic heterocycles. The summed E-state index contributed by atoms with van der Waals surface area (Å²) in [6.07, 6.45) is 1.77. The second-order valence-corrected chi connectivity index (χ2v) is 3.68. The van der Waals surface area contributed by atoms with Crippen LogP contribution >= 0.6 is 0 Å². The Morgan fingerprint density at radius 1 is 1.47 bits per heavy atom. The maximum Gasteiger partial charge on any atom is 0.251 e. The van der Waals surface area contributed by atoms with Gasteiger partial charge < -0.3 is 10.1 Å². The van der Waals surface area contributed by atoms with E-state index < -0.39 is 0 Å². The van der Waals surface area contributed by atoms with E-state index in [9.17, 15) is 4.79 Å². The molecule has 1 N–H and O–H groups in total. The van der Waals surface area contributed by atoms with Crippen LogP contribution in [0.1, 0.15) is 28.4 Å². The van der Waals surface area contributed by atoms with E-state index >= 15 is 0 Å². The van der Waals surface area contributed by atoms with Gasteiger partial charge in [0, 0.05) is 12.1 Å². The number of nitrogens with one attached hydrogen (secondary N) is 1. The Bertz CT molecular complexity index is 399. The van der Waals surface area contributed by atoms with E-state index in [1.807, 2.05) is 12.1 Å². The molecule has 0 spiro atoms. The van der Waals surface area contributed by atoms with Gasteiger partial charge in [-0.25, -0.2) is 0 Å². The van der Waals surface area contributed by atoms with Crippen molar-refractivity contribution in [3.05, 3.63) is 28.8 Å². The molecule has 2 rings (SSSR count). The van der Waals surface area contributed by atoms with Gasteiger partial charge in [-0.15, -0.1) is 0 Å². The van der Waals surface area contributed by atoms with E-state index in [1.165, 1.54) is 0 Å². The van der Waals surface area contributed by atoms with E-state index in [0.717, 1.165) is 41.8 Å². The predicted molar refractivity (Wildman–Crippen MR) is 58.4 cm³/mol. The van der Waals surface area contributed by atoms with Crippen LogP contribution in [0.25, 0.3) is 0 Å². The Labute approximate surface area is 89.4 Å². The van der Waals surface area contributed by atoms with Gasteiger partial charge >= 0.3 is 0 Å². The van der Waals surface area contributed by atoms with Crippen LogP contribution in [0.2, 0.25) is 0 Å². The van der Waals surface area contributed by atoms with E-state index in [2.05, 4.69) is 12.2 Å². The number of aryl methyl sites for hydroxylation is 1. The zero-order valence-electron chi connectivity index (χ0n) is 9.09. The smallest absolute Gasteiger partial charge is 0.251 e. The lowest BCUT2D eigenvalue weighted by Gasteiger charge is -2.19. The highest BCUT2D eigenvalue weighted by Crippen LogP contribution is 2.26. The third kappa shape index (κ3) is 1.69. The van der Waals surface area contributed by atoms with Gasteiger partial charge in [-0.2, -0.15) is 0 Å². The third-order valence-electron chi connectivity index (χ3n) is 2.81. The van der Waals surface area contributed by atoms with Gasteiger partial charge in [-0.05, 0) is 36.1 Å². The molecular weight excluding hydrogens is 190 g/mol. The van der Waals surface area contributed by atoms with Crippen molar-refractivity contribution in [3.8, 4) is 5.75 Å². The van der Waals surface area contributed by atoms with Crippen LogP contribution in [0, 0.1) is 0 Å². The van der Waals surface area contributed by atoms with Crippen LogP contribution < -0.4 is 10.1 Å². The van der Waals surface area contributed by atoms with Crippen LogP contribution in [0.3, 0.4) is 0 Å². The number of fused-ring (bicyclic) bond motifs is 1. The van der Waals surface area contributed by atoms with Gasteiger partial charge in [0.05, 0.1) is 7.11 Å². The second-order valence-electron chi connectivity index (χ2n) is 3.68. The molecule has 0 atom stereocenters. The van der Waals surface area contributed by atoms with Gasteiger partial charge in [0.25, 0.3) is 5.91 Å². The lowest BCUT2D eigenvalue weighted by atomic mass is 9.96. The molecule has 1 heterocycles. The molecule has 0 saturated heterocycles. The normalized spacial score (nSPS) is 14.4. The van der Waals surface area contributed by atoms with Crippen molar-refractivity contribution < 1.29 is 9.53 Å². The standard InChI is InChI=1S/C12H15NO2/c1-3-8-6-10-9(7-11(8)15-2)4-5-13-12(10)14/h6-7H,3-5H2,1-2H3,(H,13,14). The summed E-state index contributed by atoms with van der Waals surface area (Å²) in [4.78, 5) is 11.6. The fourth-order valence-corrected chi connectivity index (χ4v) is 1.96. The van der Waals surface area contributed by atoms with Crippen molar-refractivity contribution in [2.24, 2.45) is 0 Å². The lowest BCUT2D eigenvalue weighted by molar-refractivity contribution is 0.0946. The molecular formula is C12H15NO2. The molecule has 0 aliphatic carbocycles.